The molecule has 0 saturated heterocycles. The fourth-order valence-corrected chi connectivity index (χ4v) is 1.62. The molecule has 0 fully saturated rings. The lowest BCUT2D eigenvalue weighted by Crippen LogP contribution is -2.50. The van der Waals surface area contributed by atoms with Crippen LogP contribution in [0.1, 0.15) is 24.2 Å². The van der Waals surface area contributed by atoms with Crippen molar-refractivity contribution in [1.82, 2.24) is 0 Å². The molecule has 0 amide bonds. The summed E-state index contributed by atoms with van der Waals surface area (Å²) in [6, 6.07) is 1.70. The summed E-state index contributed by atoms with van der Waals surface area (Å²) in [6.45, 7) is 1.23. The number of rotatable bonds is 2. The Hall–Kier alpha value is -1.51. The number of nitrogen functional groups attached to an aromatic ring is 1. The summed E-state index contributed by atoms with van der Waals surface area (Å²) in [5.41, 5.74) is -3.30. The molecule has 0 bridgehead atoms. The maximum atomic E-state index is 13.7. The summed E-state index contributed by atoms with van der Waals surface area (Å²) < 4.78 is 88.9. The van der Waals surface area contributed by atoms with Gasteiger partial charge in [-0.05, 0) is 18.6 Å². The SMILES string of the molecule is CC(O)c1ccc(C(F)(C(F)(F)F)C(F)(F)F)c(N)c1. The first-order chi connectivity index (χ1) is 8.82. The van der Waals surface area contributed by atoms with Crippen molar-refractivity contribution in [2.75, 3.05) is 5.73 Å². The molecule has 1 aromatic rings. The van der Waals surface area contributed by atoms with Crippen molar-refractivity contribution < 1.29 is 35.8 Å². The zero-order chi connectivity index (χ0) is 15.9. The number of alkyl halides is 7. The van der Waals surface area contributed by atoms with Crippen molar-refractivity contribution in [3.63, 3.8) is 0 Å². The van der Waals surface area contributed by atoms with E-state index in [2.05, 4.69) is 0 Å². The van der Waals surface area contributed by atoms with Crippen molar-refractivity contribution in [2.24, 2.45) is 0 Å². The van der Waals surface area contributed by atoms with Gasteiger partial charge in [-0.15, -0.1) is 0 Å². The van der Waals surface area contributed by atoms with Crippen LogP contribution in [0.3, 0.4) is 0 Å². The molecule has 0 aliphatic carbocycles. The third kappa shape index (κ3) is 2.54. The fourth-order valence-electron chi connectivity index (χ4n) is 1.62. The highest BCUT2D eigenvalue weighted by atomic mass is 19.4. The van der Waals surface area contributed by atoms with Gasteiger partial charge in [0.1, 0.15) is 0 Å². The van der Waals surface area contributed by atoms with Gasteiger partial charge in [0.2, 0.25) is 0 Å². The Morgan fingerprint density at radius 3 is 1.75 bits per heavy atom. The standard InChI is InChI=1S/C11H10F7NO/c1-5(20)6-2-3-7(8(19)4-6)9(12,10(13,14)15)11(16,17)18/h2-5,20H,19H2,1H3. The van der Waals surface area contributed by atoms with Gasteiger partial charge in [0.15, 0.2) is 0 Å². The largest absolute Gasteiger partial charge is 0.436 e. The highest BCUT2D eigenvalue weighted by Crippen LogP contribution is 2.54. The zero-order valence-electron chi connectivity index (χ0n) is 9.98. The molecule has 0 aliphatic heterocycles. The Labute approximate surface area is 109 Å². The first-order valence-corrected chi connectivity index (χ1v) is 5.22. The van der Waals surface area contributed by atoms with Gasteiger partial charge in [0.05, 0.1) is 6.10 Å². The van der Waals surface area contributed by atoms with Crippen LogP contribution in [-0.2, 0) is 5.67 Å². The van der Waals surface area contributed by atoms with Crippen molar-refractivity contribution in [2.45, 2.75) is 31.0 Å². The maximum absolute atomic E-state index is 13.7. The number of hydrogen-bond donors (Lipinski definition) is 2. The zero-order valence-corrected chi connectivity index (χ0v) is 9.98. The lowest BCUT2D eigenvalue weighted by atomic mass is 9.91. The van der Waals surface area contributed by atoms with Crippen molar-refractivity contribution >= 4 is 5.69 Å². The van der Waals surface area contributed by atoms with E-state index in [0.717, 1.165) is 6.07 Å². The first-order valence-electron chi connectivity index (χ1n) is 5.22. The van der Waals surface area contributed by atoms with Gasteiger partial charge >= 0.3 is 18.0 Å². The molecule has 0 spiro atoms. The summed E-state index contributed by atoms with van der Waals surface area (Å²) in [7, 11) is 0. The van der Waals surface area contributed by atoms with E-state index in [0.29, 0.717) is 6.07 Å². The number of nitrogens with two attached hydrogens (primary N) is 1. The summed E-state index contributed by atoms with van der Waals surface area (Å²) in [5, 5.41) is 9.17. The normalized spacial score (nSPS) is 15.2. The van der Waals surface area contributed by atoms with E-state index in [1.165, 1.54) is 6.92 Å². The Kier molecular flexibility index (Phi) is 3.97. The van der Waals surface area contributed by atoms with Crippen LogP contribution in [0.5, 0.6) is 0 Å². The molecular weight excluding hydrogens is 295 g/mol. The molecule has 1 aromatic carbocycles. The fraction of sp³-hybridized carbons (Fsp3) is 0.455. The maximum Gasteiger partial charge on any atom is 0.436 e. The van der Waals surface area contributed by atoms with Crippen molar-refractivity contribution in [1.29, 1.82) is 0 Å². The van der Waals surface area contributed by atoms with Crippen LogP contribution in [0.15, 0.2) is 18.2 Å². The van der Waals surface area contributed by atoms with Crippen LogP contribution in [0.4, 0.5) is 36.4 Å². The predicted octanol–water partition coefficient (Wildman–Crippen LogP) is 3.61. The van der Waals surface area contributed by atoms with Gasteiger partial charge in [-0.25, -0.2) is 4.39 Å². The molecule has 1 rings (SSSR count). The average molecular weight is 305 g/mol. The molecule has 0 aliphatic rings. The lowest BCUT2D eigenvalue weighted by Gasteiger charge is -2.31. The minimum atomic E-state index is -6.22. The Balaban J connectivity index is 3.53. The van der Waals surface area contributed by atoms with E-state index in [9.17, 15) is 30.7 Å². The summed E-state index contributed by atoms with van der Waals surface area (Å²) in [5.74, 6) is 0. The van der Waals surface area contributed by atoms with Gasteiger partial charge in [0.25, 0.3) is 0 Å². The molecule has 0 saturated carbocycles. The number of halogens is 7. The van der Waals surface area contributed by atoms with Crippen LogP contribution in [0, 0.1) is 0 Å². The topological polar surface area (TPSA) is 46.2 Å². The average Bonchev–Trinajstić information content (AvgIpc) is 2.24. The Morgan fingerprint density at radius 1 is 1.00 bits per heavy atom. The van der Waals surface area contributed by atoms with E-state index in [1.54, 1.807) is 0 Å². The molecule has 9 heteroatoms. The van der Waals surface area contributed by atoms with Crippen LogP contribution in [0.25, 0.3) is 0 Å². The van der Waals surface area contributed by atoms with Gasteiger partial charge in [-0.2, -0.15) is 26.3 Å². The summed E-state index contributed by atoms with van der Waals surface area (Å²) >= 11 is 0. The van der Waals surface area contributed by atoms with E-state index >= 15 is 0 Å². The number of aliphatic hydroxyl groups excluding tert-OH is 1. The number of benzene rings is 1. The van der Waals surface area contributed by atoms with Crippen LogP contribution in [0.2, 0.25) is 0 Å². The molecule has 0 heterocycles. The minimum Gasteiger partial charge on any atom is -0.398 e. The highest BCUT2D eigenvalue weighted by Gasteiger charge is 2.74. The molecule has 0 radical (unpaired) electrons. The number of aliphatic hydroxyl groups is 1. The smallest absolute Gasteiger partial charge is 0.398 e. The van der Waals surface area contributed by atoms with Crippen LogP contribution < -0.4 is 5.73 Å². The predicted molar refractivity (Wildman–Crippen MR) is 56.4 cm³/mol. The third-order valence-corrected chi connectivity index (χ3v) is 2.71. The lowest BCUT2D eigenvalue weighted by molar-refractivity contribution is -0.348. The second-order valence-corrected chi connectivity index (χ2v) is 4.18. The van der Waals surface area contributed by atoms with Crippen LogP contribution in [-0.4, -0.2) is 17.5 Å². The molecule has 114 valence electrons. The van der Waals surface area contributed by atoms with E-state index in [1.807, 2.05) is 0 Å². The summed E-state index contributed by atoms with van der Waals surface area (Å²) in [4.78, 5) is 0. The summed E-state index contributed by atoms with van der Waals surface area (Å²) in [6.07, 6.45) is -13.6. The van der Waals surface area contributed by atoms with E-state index in [4.69, 9.17) is 10.8 Å². The van der Waals surface area contributed by atoms with E-state index in [-0.39, 0.29) is 11.6 Å². The number of hydrogen-bond acceptors (Lipinski definition) is 2. The second kappa shape index (κ2) is 4.80. The van der Waals surface area contributed by atoms with Gasteiger partial charge < -0.3 is 10.8 Å². The Morgan fingerprint density at radius 2 is 1.45 bits per heavy atom. The molecule has 0 aromatic heterocycles. The van der Waals surface area contributed by atoms with Gasteiger partial charge in [-0.1, -0.05) is 12.1 Å². The molecule has 2 nitrogen and oxygen atoms in total. The van der Waals surface area contributed by atoms with Crippen molar-refractivity contribution in [3.8, 4) is 0 Å². The highest BCUT2D eigenvalue weighted by molar-refractivity contribution is 5.53. The Bertz CT molecular complexity index is 479. The van der Waals surface area contributed by atoms with Gasteiger partial charge in [0, 0.05) is 11.3 Å². The molecule has 1 unspecified atom stereocenters. The van der Waals surface area contributed by atoms with E-state index < -0.39 is 35.4 Å². The van der Waals surface area contributed by atoms with Gasteiger partial charge in [-0.3, -0.25) is 0 Å². The minimum absolute atomic E-state index is 0.0297. The third-order valence-electron chi connectivity index (χ3n) is 2.71. The molecular formula is C11H10F7NO. The second-order valence-electron chi connectivity index (χ2n) is 4.18. The van der Waals surface area contributed by atoms with Crippen LogP contribution >= 0.6 is 0 Å². The monoisotopic (exact) mass is 305 g/mol. The molecule has 20 heavy (non-hydrogen) atoms. The number of anilines is 1. The van der Waals surface area contributed by atoms with Crippen molar-refractivity contribution in [3.05, 3.63) is 29.3 Å². The molecule has 1 atom stereocenters. The quantitative estimate of drug-likeness (QED) is 0.647. The first kappa shape index (κ1) is 16.5. The molecule has 3 N–H and O–H groups in total.